The lowest BCUT2D eigenvalue weighted by molar-refractivity contribution is -0.161. The Labute approximate surface area is 100 Å². The fraction of sp³-hybridized carbons (Fsp3) is 0.786. The van der Waals surface area contributed by atoms with Crippen LogP contribution < -0.4 is 0 Å². The summed E-state index contributed by atoms with van der Waals surface area (Å²) in [6.07, 6.45) is 5.04. The molecule has 2 nitrogen and oxygen atoms in total. The molecule has 0 aliphatic rings. The largest absolute Gasteiger partial charge is 0.459 e. The molecule has 0 radical (unpaired) electrons. The zero-order valence-corrected chi connectivity index (χ0v) is 11.4. The van der Waals surface area contributed by atoms with E-state index < -0.39 is 0 Å². The van der Waals surface area contributed by atoms with Crippen LogP contribution in [-0.4, -0.2) is 11.6 Å². The van der Waals surface area contributed by atoms with Gasteiger partial charge in [0.05, 0.1) is 5.92 Å². The highest BCUT2D eigenvalue weighted by atomic mass is 16.6. The quantitative estimate of drug-likeness (QED) is 0.485. The molecule has 0 bridgehead atoms. The summed E-state index contributed by atoms with van der Waals surface area (Å²) in [7, 11) is 0. The Balaban J connectivity index is 3.95. The Kier molecular flexibility index (Phi) is 6.39. The van der Waals surface area contributed by atoms with Crippen molar-refractivity contribution in [2.75, 3.05) is 0 Å². The average molecular weight is 226 g/mol. The Morgan fingerprint density at radius 3 is 2.38 bits per heavy atom. The summed E-state index contributed by atoms with van der Waals surface area (Å²) in [5, 5.41) is 0. The average Bonchev–Trinajstić information content (AvgIpc) is 2.16. The highest BCUT2D eigenvalue weighted by molar-refractivity contribution is 5.71. The van der Waals surface area contributed by atoms with Crippen molar-refractivity contribution in [2.24, 2.45) is 11.8 Å². The minimum absolute atomic E-state index is 0.0497. The van der Waals surface area contributed by atoms with E-state index in [4.69, 9.17) is 4.74 Å². The van der Waals surface area contributed by atoms with E-state index in [0.717, 1.165) is 19.3 Å². The maximum atomic E-state index is 11.5. The molecule has 94 valence electrons. The van der Waals surface area contributed by atoms with Gasteiger partial charge in [-0.1, -0.05) is 26.8 Å². The molecule has 0 aromatic carbocycles. The molecule has 0 aliphatic carbocycles. The second kappa shape index (κ2) is 6.72. The fourth-order valence-electron chi connectivity index (χ4n) is 1.41. The van der Waals surface area contributed by atoms with E-state index in [-0.39, 0.29) is 17.5 Å². The van der Waals surface area contributed by atoms with Gasteiger partial charge in [0.2, 0.25) is 0 Å². The van der Waals surface area contributed by atoms with Gasteiger partial charge in [-0.2, -0.15) is 0 Å². The van der Waals surface area contributed by atoms with Crippen LogP contribution in [0, 0.1) is 11.8 Å². The van der Waals surface area contributed by atoms with Crippen molar-refractivity contribution in [1.82, 2.24) is 0 Å². The lowest BCUT2D eigenvalue weighted by Gasteiger charge is -2.26. The van der Waals surface area contributed by atoms with Gasteiger partial charge in [0.25, 0.3) is 0 Å². The van der Waals surface area contributed by atoms with Crippen molar-refractivity contribution in [3.8, 4) is 0 Å². The van der Waals surface area contributed by atoms with Crippen LogP contribution in [-0.2, 0) is 9.53 Å². The normalized spacial score (nSPS) is 13.6. The Hall–Kier alpha value is -0.790. The fourth-order valence-corrected chi connectivity index (χ4v) is 1.41. The summed E-state index contributed by atoms with van der Waals surface area (Å²) in [6, 6.07) is 0. The first-order valence-corrected chi connectivity index (χ1v) is 6.14. The van der Waals surface area contributed by atoms with Gasteiger partial charge in [-0.05, 0) is 39.0 Å². The number of carbonyl (C=O) groups is 1. The Bertz CT molecular complexity index is 229. The van der Waals surface area contributed by atoms with Gasteiger partial charge in [0.15, 0.2) is 0 Å². The van der Waals surface area contributed by atoms with Crippen LogP contribution in [0.15, 0.2) is 12.7 Å². The highest BCUT2D eigenvalue weighted by Gasteiger charge is 2.23. The molecule has 0 saturated carbocycles. The van der Waals surface area contributed by atoms with E-state index in [2.05, 4.69) is 13.5 Å². The summed E-state index contributed by atoms with van der Waals surface area (Å²) in [4.78, 5) is 11.5. The van der Waals surface area contributed by atoms with Gasteiger partial charge in [-0.3, -0.25) is 4.79 Å². The summed E-state index contributed by atoms with van der Waals surface area (Å²) in [6.45, 7) is 13.6. The van der Waals surface area contributed by atoms with E-state index in [1.165, 1.54) is 0 Å². The highest BCUT2D eigenvalue weighted by Crippen LogP contribution is 2.21. The van der Waals surface area contributed by atoms with Gasteiger partial charge in [-0.15, -0.1) is 6.58 Å². The molecule has 0 aromatic rings. The molecule has 2 heteroatoms. The van der Waals surface area contributed by atoms with Gasteiger partial charge >= 0.3 is 5.97 Å². The van der Waals surface area contributed by atoms with Crippen LogP contribution >= 0.6 is 0 Å². The first-order chi connectivity index (χ1) is 7.28. The number of hydrogen-bond acceptors (Lipinski definition) is 2. The molecule has 0 fully saturated rings. The zero-order chi connectivity index (χ0) is 12.8. The Morgan fingerprint density at radius 2 is 1.94 bits per heavy atom. The molecule has 0 aliphatic heterocycles. The van der Waals surface area contributed by atoms with Crippen molar-refractivity contribution in [2.45, 2.75) is 59.5 Å². The molecule has 0 heterocycles. The maximum Gasteiger partial charge on any atom is 0.308 e. The van der Waals surface area contributed by atoms with Crippen LogP contribution in [0.4, 0.5) is 0 Å². The van der Waals surface area contributed by atoms with Crippen LogP contribution in [0.25, 0.3) is 0 Å². The zero-order valence-electron chi connectivity index (χ0n) is 11.4. The van der Waals surface area contributed by atoms with Crippen LogP contribution in [0.3, 0.4) is 0 Å². The second-order valence-corrected chi connectivity index (χ2v) is 5.44. The van der Waals surface area contributed by atoms with Crippen molar-refractivity contribution in [1.29, 1.82) is 0 Å². The van der Waals surface area contributed by atoms with Crippen LogP contribution in [0.5, 0.6) is 0 Å². The third-order valence-electron chi connectivity index (χ3n) is 2.69. The molecule has 1 unspecified atom stereocenters. The molecule has 0 amide bonds. The third kappa shape index (κ3) is 6.65. The third-order valence-corrected chi connectivity index (χ3v) is 2.69. The first kappa shape index (κ1) is 15.2. The summed E-state index contributed by atoms with van der Waals surface area (Å²) < 4.78 is 5.45. The topological polar surface area (TPSA) is 26.3 Å². The van der Waals surface area contributed by atoms with Crippen LogP contribution in [0.1, 0.15) is 53.9 Å². The van der Waals surface area contributed by atoms with Crippen LogP contribution in [0.2, 0.25) is 0 Å². The van der Waals surface area contributed by atoms with Crippen molar-refractivity contribution in [3.05, 3.63) is 12.7 Å². The van der Waals surface area contributed by atoms with Crippen molar-refractivity contribution >= 4 is 5.97 Å². The summed E-state index contributed by atoms with van der Waals surface area (Å²) >= 11 is 0. The van der Waals surface area contributed by atoms with Crippen molar-refractivity contribution < 1.29 is 9.53 Å². The predicted octanol–water partition coefficient (Wildman–Crippen LogP) is 3.96. The lowest BCUT2D eigenvalue weighted by Crippen LogP contribution is -2.30. The predicted molar refractivity (Wildman–Crippen MR) is 68.2 cm³/mol. The number of hydrogen-bond donors (Lipinski definition) is 0. The number of carbonyl (C=O) groups excluding carboxylic acids is 1. The molecular weight excluding hydrogens is 200 g/mol. The second-order valence-electron chi connectivity index (χ2n) is 5.44. The number of esters is 1. The number of ether oxygens (including phenoxy) is 1. The minimum Gasteiger partial charge on any atom is -0.459 e. The summed E-state index contributed by atoms with van der Waals surface area (Å²) in [5.74, 6) is 0.379. The van der Waals surface area contributed by atoms with E-state index in [9.17, 15) is 4.79 Å². The molecule has 16 heavy (non-hydrogen) atoms. The molecule has 1 atom stereocenters. The maximum absolute atomic E-state index is 11.5. The van der Waals surface area contributed by atoms with Gasteiger partial charge in [0, 0.05) is 0 Å². The molecule has 0 spiro atoms. The molecule has 0 N–H and O–H groups in total. The molecular formula is C14H26O2. The lowest BCUT2D eigenvalue weighted by atomic mass is 9.96. The minimum atomic E-state index is -0.345. The van der Waals surface area contributed by atoms with E-state index in [1.54, 1.807) is 0 Å². The van der Waals surface area contributed by atoms with Gasteiger partial charge < -0.3 is 4.74 Å². The van der Waals surface area contributed by atoms with E-state index in [1.807, 2.05) is 33.8 Å². The molecule has 0 aromatic heterocycles. The Morgan fingerprint density at radius 1 is 1.38 bits per heavy atom. The SMILES string of the molecule is C=CC(C)CCCC(C)(C)OC(=O)C(C)C. The molecule has 0 saturated heterocycles. The van der Waals surface area contributed by atoms with E-state index in [0.29, 0.717) is 5.92 Å². The number of allylic oxidation sites excluding steroid dienone is 1. The summed E-state index contributed by atoms with van der Waals surface area (Å²) in [5.41, 5.74) is -0.345. The standard InChI is InChI=1S/C14H26O2/c1-7-12(4)9-8-10-14(5,6)16-13(15)11(2)3/h7,11-12H,1,8-10H2,2-6H3. The number of rotatable bonds is 7. The van der Waals surface area contributed by atoms with Crippen molar-refractivity contribution in [3.63, 3.8) is 0 Å². The first-order valence-electron chi connectivity index (χ1n) is 6.14. The molecule has 0 rings (SSSR count). The van der Waals surface area contributed by atoms with E-state index >= 15 is 0 Å². The van der Waals surface area contributed by atoms with Gasteiger partial charge in [-0.25, -0.2) is 0 Å². The van der Waals surface area contributed by atoms with Gasteiger partial charge in [0.1, 0.15) is 5.60 Å². The smallest absolute Gasteiger partial charge is 0.308 e. The monoisotopic (exact) mass is 226 g/mol.